The van der Waals surface area contributed by atoms with E-state index in [0.717, 1.165) is 32.2 Å². The van der Waals surface area contributed by atoms with Gasteiger partial charge in [0, 0.05) is 10.1 Å². The number of rotatable bonds is 6. The lowest BCUT2D eigenvalue weighted by molar-refractivity contribution is -0.146. The fourth-order valence-electron chi connectivity index (χ4n) is 2.93. The van der Waals surface area contributed by atoms with Crippen molar-refractivity contribution in [2.45, 2.75) is 61.6 Å². The van der Waals surface area contributed by atoms with Crippen molar-refractivity contribution in [3.8, 4) is 0 Å². The Morgan fingerprint density at radius 1 is 1.43 bits per heavy atom. The first-order valence-electron chi connectivity index (χ1n) is 7.77. The number of benzene rings is 1. The van der Waals surface area contributed by atoms with Crippen molar-refractivity contribution >= 4 is 17.7 Å². The number of carboxylic acids is 1. The van der Waals surface area contributed by atoms with Crippen molar-refractivity contribution in [2.24, 2.45) is 0 Å². The summed E-state index contributed by atoms with van der Waals surface area (Å²) in [6.45, 7) is 4.93. The van der Waals surface area contributed by atoms with E-state index < -0.39 is 11.5 Å². The standard InChI is InChI=1S/C17H25NO2S/c1-3-11-18-17(16(19)20)10-4-5-15(12-17)21-14-8-6-13(2)7-9-14/h6-9,15,18H,3-5,10-12H2,1-2H3,(H,19,20). The van der Waals surface area contributed by atoms with Crippen molar-refractivity contribution in [1.82, 2.24) is 5.32 Å². The summed E-state index contributed by atoms with van der Waals surface area (Å²) in [5, 5.41) is 13.3. The minimum Gasteiger partial charge on any atom is -0.480 e. The van der Waals surface area contributed by atoms with Gasteiger partial charge in [0.1, 0.15) is 5.54 Å². The SMILES string of the molecule is CCCNC1(C(=O)O)CCCC(Sc2ccc(C)cc2)C1. The number of thioether (sulfide) groups is 1. The summed E-state index contributed by atoms with van der Waals surface area (Å²) < 4.78 is 0. The minimum absolute atomic E-state index is 0.377. The van der Waals surface area contributed by atoms with Crippen molar-refractivity contribution in [3.63, 3.8) is 0 Å². The molecule has 0 spiro atoms. The van der Waals surface area contributed by atoms with E-state index in [1.54, 1.807) is 0 Å². The molecule has 3 nitrogen and oxygen atoms in total. The lowest BCUT2D eigenvalue weighted by Crippen LogP contribution is -2.55. The zero-order chi connectivity index (χ0) is 15.3. The Balaban J connectivity index is 2.04. The van der Waals surface area contributed by atoms with Gasteiger partial charge in [0.05, 0.1) is 0 Å². The first-order chi connectivity index (χ1) is 10.1. The van der Waals surface area contributed by atoms with Crippen LogP contribution in [0.25, 0.3) is 0 Å². The Morgan fingerprint density at radius 2 is 2.14 bits per heavy atom. The number of nitrogens with one attached hydrogen (secondary N) is 1. The maximum atomic E-state index is 11.8. The zero-order valence-electron chi connectivity index (χ0n) is 12.9. The number of aliphatic carboxylic acids is 1. The normalized spacial score (nSPS) is 25.7. The second-order valence-corrected chi connectivity index (χ2v) is 7.34. The van der Waals surface area contributed by atoms with Gasteiger partial charge < -0.3 is 10.4 Å². The molecule has 0 aliphatic heterocycles. The molecule has 0 heterocycles. The molecule has 1 saturated carbocycles. The molecule has 1 fully saturated rings. The third-order valence-electron chi connectivity index (χ3n) is 4.15. The lowest BCUT2D eigenvalue weighted by Gasteiger charge is -2.38. The van der Waals surface area contributed by atoms with Crippen LogP contribution in [0.5, 0.6) is 0 Å². The predicted molar refractivity (Wildman–Crippen MR) is 88.0 cm³/mol. The van der Waals surface area contributed by atoms with Crippen molar-refractivity contribution in [3.05, 3.63) is 29.8 Å². The molecule has 0 bridgehead atoms. The third kappa shape index (κ3) is 4.24. The van der Waals surface area contributed by atoms with Gasteiger partial charge in [-0.3, -0.25) is 4.79 Å². The van der Waals surface area contributed by atoms with E-state index in [1.807, 2.05) is 11.8 Å². The molecule has 0 saturated heterocycles. The van der Waals surface area contributed by atoms with Crippen LogP contribution in [-0.2, 0) is 4.79 Å². The van der Waals surface area contributed by atoms with Crippen molar-refractivity contribution < 1.29 is 9.90 Å². The molecule has 1 aromatic carbocycles. The summed E-state index contributed by atoms with van der Waals surface area (Å²) in [4.78, 5) is 13.0. The Hall–Kier alpha value is -1.00. The lowest BCUT2D eigenvalue weighted by atomic mass is 9.81. The average molecular weight is 307 g/mol. The van der Waals surface area contributed by atoms with E-state index in [2.05, 4.69) is 43.4 Å². The van der Waals surface area contributed by atoms with E-state index >= 15 is 0 Å². The van der Waals surface area contributed by atoms with Crippen LogP contribution >= 0.6 is 11.8 Å². The van der Waals surface area contributed by atoms with Crippen LogP contribution in [0, 0.1) is 6.92 Å². The summed E-state index contributed by atoms with van der Waals surface area (Å²) in [7, 11) is 0. The highest BCUT2D eigenvalue weighted by molar-refractivity contribution is 8.00. The van der Waals surface area contributed by atoms with E-state index in [9.17, 15) is 9.90 Å². The van der Waals surface area contributed by atoms with Crippen LogP contribution in [0.4, 0.5) is 0 Å². The Bertz CT molecular complexity index is 474. The Labute approximate surface area is 131 Å². The van der Waals surface area contributed by atoms with Crippen LogP contribution in [0.2, 0.25) is 0 Å². The molecule has 116 valence electrons. The molecule has 2 unspecified atom stereocenters. The highest BCUT2D eigenvalue weighted by Crippen LogP contribution is 2.38. The smallest absolute Gasteiger partial charge is 0.323 e. The minimum atomic E-state index is -0.726. The molecule has 0 amide bonds. The van der Waals surface area contributed by atoms with Crippen LogP contribution < -0.4 is 5.32 Å². The molecule has 21 heavy (non-hydrogen) atoms. The molecule has 2 rings (SSSR count). The number of carboxylic acid groups (broad SMARTS) is 1. The second-order valence-electron chi connectivity index (χ2n) is 5.96. The third-order valence-corrected chi connectivity index (χ3v) is 5.43. The molecule has 4 heteroatoms. The van der Waals surface area contributed by atoms with E-state index in [4.69, 9.17) is 0 Å². The molecule has 1 aliphatic rings. The summed E-state index contributed by atoms with van der Waals surface area (Å²) in [6, 6.07) is 8.50. The fraction of sp³-hybridized carbons (Fsp3) is 0.588. The number of hydrogen-bond donors (Lipinski definition) is 2. The van der Waals surface area contributed by atoms with E-state index in [0.29, 0.717) is 11.7 Å². The number of carbonyl (C=O) groups is 1. The van der Waals surface area contributed by atoms with Gasteiger partial charge in [-0.15, -0.1) is 11.8 Å². The second kappa shape index (κ2) is 7.32. The average Bonchev–Trinajstić information content (AvgIpc) is 2.48. The molecule has 1 aromatic rings. The number of aryl methyl sites for hydroxylation is 1. The highest BCUT2D eigenvalue weighted by Gasteiger charge is 2.42. The summed E-state index contributed by atoms with van der Waals surface area (Å²) in [5.41, 5.74) is 0.531. The van der Waals surface area contributed by atoms with Crippen LogP contribution in [0.1, 0.15) is 44.6 Å². The molecular formula is C17H25NO2S. The predicted octanol–water partition coefficient (Wildman–Crippen LogP) is 3.85. The monoisotopic (exact) mass is 307 g/mol. The quantitative estimate of drug-likeness (QED) is 0.838. The van der Waals surface area contributed by atoms with E-state index in [-0.39, 0.29) is 0 Å². The topological polar surface area (TPSA) is 49.3 Å². The van der Waals surface area contributed by atoms with E-state index in [1.165, 1.54) is 10.5 Å². The first-order valence-corrected chi connectivity index (χ1v) is 8.65. The van der Waals surface area contributed by atoms with Gasteiger partial charge >= 0.3 is 5.97 Å². The van der Waals surface area contributed by atoms with Gasteiger partial charge in [0.15, 0.2) is 0 Å². The maximum Gasteiger partial charge on any atom is 0.323 e. The Morgan fingerprint density at radius 3 is 2.76 bits per heavy atom. The van der Waals surface area contributed by atoms with Gasteiger partial charge in [-0.1, -0.05) is 24.6 Å². The van der Waals surface area contributed by atoms with Crippen molar-refractivity contribution in [2.75, 3.05) is 6.54 Å². The van der Waals surface area contributed by atoms with Gasteiger partial charge in [0.2, 0.25) is 0 Å². The zero-order valence-corrected chi connectivity index (χ0v) is 13.7. The molecule has 1 aliphatic carbocycles. The van der Waals surface area contributed by atoms with Gasteiger partial charge in [-0.05, 0) is 57.7 Å². The van der Waals surface area contributed by atoms with Gasteiger partial charge in [0.25, 0.3) is 0 Å². The van der Waals surface area contributed by atoms with Crippen LogP contribution in [0.3, 0.4) is 0 Å². The summed E-state index contributed by atoms with van der Waals surface area (Å²) in [5.74, 6) is -0.690. The maximum absolute atomic E-state index is 11.8. The van der Waals surface area contributed by atoms with Crippen LogP contribution in [-0.4, -0.2) is 28.4 Å². The number of hydrogen-bond acceptors (Lipinski definition) is 3. The summed E-state index contributed by atoms with van der Waals surface area (Å²) in [6.07, 6.45) is 4.49. The molecule has 2 atom stereocenters. The first kappa shape index (κ1) is 16.4. The van der Waals surface area contributed by atoms with Gasteiger partial charge in [-0.2, -0.15) is 0 Å². The molecular weight excluding hydrogens is 282 g/mol. The molecule has 2 N–H and O–H groups in total. The largest absolute Gasteiger partial charge is 0.480 e. The van der Waals surface area contributed by atoms with Crippen LogP contribution in [0.15, 0.2) is 29.2 Å². The highest BCUT2D eigenvalue weighted by atomic mass is 32.2. The summed E-state index contributed by atoms with van der Waals surface area (Å²) >= 11 is 1.82. The fourth-order valence-corrected chi connectivity index (χ4v) is 4.26. The van der Waals surface area contributed by atoms with Gasteiger partial charge in [-0.25, -0.2) is 0 Å². The molecule has 0 aromatic heterocycles. The van der Waals surface area contributed by atoms with Crippen molar-refractivity contribution in [1.29, 1.82) is 0 Å². The molecule has 0 radical (unpaired) electrons. The Kier molecular flexibility index (Phi) is 5.71.